The van der Waals surface area contributed by atoms with E-state index in [1.807, 2.05) is 20.2 Å². The molecule has 38 heavy (non-hydrogen) atoms. The first-order valence-corrected chi connectivity index (χ1v) is 14.1. The average Bonchev–Trinajstić information content (AvgIpc) is 2.83. The number of hydrogen-bond acceptors (Lipinski definition) is 4. The van der Waals surface area contributed by atoms with E-state index in [2.05, 4.69) is 47.0 Å². The van der Waals surface area contributed by atoms with Crippen LogP contribution in [0.3, 0.4) is 0 Å². The molecule has 1 N–H and O–H groups in total. The largest absolute Gasteiger partial charge is 0.374 e. The minimum Gasteiger partial charge on any atom is -0.374 e. The minimum atomic E-state index is -0.467. The first kappa shape index (κ1) is 31.6. The molecule has 0 radical (unpaired) electrons. The summed E-state index contributed by atoms with van der Waals surface area (Å²) in [6.07, 6.45) is 11.8. The number of rotatable bonds is 19. The number of allylic oxidation sites excluding steroid dienone is 2. The maximum Gasteiger partial charge on any atom is 0.129 e. The highest BCUT2D eigenvalue weighted by Gasteiger charge is 2.28. The van der Waals surface area contributed by atoms with Crippen LogP contribution in [-0.4, -0.2) is 51.1 Å². The fraction of sp³-hybridized carbons (Fsp3) is 0.562. The van der Waals surface area contributed by atoms with Crippen molar-refractivity contribution in [3.63, 3.8) is 0 Å². The molecule has 210 valence electrons. The smallest absolute Gasteiger partial charge is 0.129 e. The van der Waals surface area contributed by atoms with E-state index >= 15 is 0 Å². The Balaban J connectivity index is 1.81. The molecule has 0 bridgehead atoms. The summed E-state index contributed by atoms with van der Waals surface area (Å²) >= 11 is 0. The molecule has 1 aliphatic heterocycles. The maximum absolute atomic E-state index is 14.8. The number of aliphatic imine (C=N–C) groups is 2. The predicted molar refractivity (Wildman–Crippen MR) is 159 cm³/mol. The summed E-state index contributed by atoms with van der Waals surface area (Å²) in [5.74, 6) is 0.0886. The van der Waals surface area contributed by atoms with Crippen LogP contribution in [-0.2, 0) is 12.8 Å². The van der Waals surface area contributed by atoms with Crippen molar-refractivity contribution < 1.29 is 8.78 Å². The quantitative estimate of drug-likeness (QED) is 0.117. The van der Waals surface area contributed by atoms with E-state index in [1.54, 1.807) is 6.20 Å². The van der Waals surface area contributed by atoms with Gasteiger partial charge in [0.15, 0.2) is 0 Å². The number of unbranched alkanes of at least 4 members (excludes halogenated alkanes) is 1. The minimum absolute atomic E-state index is 0.117. The van der Waals surface area contributed by atoms with Crippen LogP contribution in [0.25, 0.3) is 0 Å². The van der Waals surface area contributed by atoms with Crippen LogP contribution in [0, 0.1) is 23.5 Å². The lowest BCUT2D eigenvalue weighted by atomic mass is 9.91. The van der Waals surface area contributed by atoms with Crippen LogP contribution in [0.15, 0.2) is 58.3 Å². The Morgan fingerprint density at radius 3 is 2.47 bits per heavy atom. The number of likely N-dealkylation sites (tertiary alicyclic amines) is 1. The summed E-state index contributed by atoms with van der Waals surface area (Å²) in [7, 11) is 1.98. The number of nitrogens with zero attached hydrogens (tertiary/aromatic N) is 3. The Kier molecular flexibility index (Phi) is 14.2. The summed E-state index contributed by atoms with van der Waals surface area (Å²) in [4.78, 5) is 10.6. The van der Waals surface area contributed by atoms with Crippen molar-refractivity contribution in [1.82, 2.24) is 10.2 Å². The van der Waals surface area contributed by atoms with Crippen molar-refractivity contribution in [2.45, 2.75) is 71.6 Å². The molecule has 1 fully saturated rings. The number of halogens is 2. The number of hydrogen-bond donors (Lipinski definition) is 1. The zero-order valence-electron chi connectivity index (χ0n) is 23.9. The van der Waals surface area contributed by atoms with E-state index in [-0.39, 0.29) is 12.0 Å². The molecule has 1 atom stereocenters. The van der Waals surface area contributed by atoms with E-state index in [4.69, 9.17) is 0 Å². The molecule has 1 unspecified atom stereocenters. The summed E-state index contributed by atoms with van der Waals surface area (Å²) in [5.41, 5.74) is 3.86. The lowest BCUT2D eigenvalue weighted by Gasteiger charge is -2.42. The van der Waals surface area contributed by atoms with E-state index in [0.717, 1.165) is 93.5 Å². The molecular weight excluding hydrogens is 478 g/mol. The Morgan fingerprint density at radius 2 is 1.87 bits per heavy atom. The highest BCUT2D eigenvalue weighted by Crippen LogP contribution is 2.28. The van der Waals surface area contributed by atoms with Gasteiger partial charge in [0.1, 0.15) is 11.6 Å². The predicted octanol–water partition coefficient (Wildman–Crippen LogP) is 7.31. The van der Waals surface area contributed by atoms with Crippen LogP contribution < -0.4 is 5.32 Å². The second-order valence-electron chi connectivity index (χ2n) is 10.7. The lowest BCUT2D eigenvalue weighted by Crippen LogP contribution is -2.46. The van der Waals surface area contributed by atoms with Crippen LogP contribution >= 0.6 is 0 Å². The highest BCUT2D eigenvalue weighted by atomic mass is 19.1. The lowest BCUT2D eigenvalue weighted by molar-refractivity contribution is 0.167. The second-order valence-corrected chi connectivity index (χ2v) is 10.7. The molecule has 0 saturated carbocycles. The molecule has 0 spiro atoms. The van der Waals surface area contributed by atoms with Crippen molar-refractivity contribution in [3.05, 3.63) is 71.1 Å². The molecule has 0 aromatic heterocycles. The first-order valence-electron chi connectivity index (χ1n) is 14.1. The third-order valence-corrected chi connectivity index (χ3v) is 7.46. The summed E-state index contributed by atoms with van der Waals surface area (Å²) < 4.78 is 29.6. The van der Waals surface area contributed by atoms with E-state index in [9.17, 15) is 8.78 Å². The van der Waals surface area contributed by atoms with E-state index < -0.39 is 11.6 Å². The van der Waals surface area contributed by atoms with E-state index in [0.29, 0.717) is 18.3 Å². The molecule has 0 amide bonds. The van der Waals surface area contributed by atoms with Gasteiger partial charge in [-0.25, -0.2) is 8.78 Å². The van der Waals surface area contributed by atoms with Crippen LogP contribution in [0.2, 0.25) is 0 Å². The van der Waals surface area contributed by atoms with Gasteiger partial charge in [0.05, 0.1) is 0 Å². The van der Waals surface area contributed by atoms with E-state index in [1.165, 1.54) is 12.1 Å². The molecule has 0 aliphatic carbocycles. The third kappa shape index (κ3) is 10.6. The molecule has 1 aliphatic rings. The molecule has 2 rings (SSSR count). The SMILES string of the molecule is C=N/C=C(\C=NCCC(CCCCc1cc(F)c(CC(=C)N2CC(C(=C)C)C2)c(F)c1)CCNC)CCC. The monoisotopic (exact) mass is 526 g/mol. The van der Waals surface area contributed by atoms with Gasteiger partial charge in [-0.05, 0) is 88.5 Å². The van der Waals surface area contributed by atoms with Gasteiger partial charge in [0.2, 0.25) is 0 Å². The average molecular weight is 527 g/mol. The van der Waals surface area contributed by atoms with Gasteiger partial charge < -0.3 is 10.2 Å². The van der Waals surface area contributed by atoms with Gasteiger partial charge in [-0.3, -0.25) is 9.98 Å². The second kappa shape index (κ2) is 17.1. The summed E-state index contributed by atoms with van der Waals surface area (Å²) in [5, 5.41) is 3.25. The van der Waals surface area contributed by atoms with Crippen molar-refractivity contribution >= 4 is 12.9 Å². The summed E-state index contributed by atoms with van der Waals surface area (Å²) in [6, 6.07) is 3.01. The molecule has 1 aromatic rings. The van der Waals surface area contributed by atoms with Gasteiger partial charge in [-0.1, -0.05) is 44.9 Å². The number of benzene rings is 1. The van der Waals surface area contributed by atoms with Crippen molar-refractivity contribution in [2.24, 2.45) is 21.8 Å². The normalized spacial score (nSPS) is 15.1. The fourth-order valence-corrected chi connectivity index (χ4v) is 4.88. The van der Waals surface area contributed by atoms with Crippen LogP contribution in [0.1, 0.15) is 69.9 Å². The highest BCUT2D eigenvalue weighted by molar-refractivity contribution is 5.78. The molecule has 1 heterocycles. The molecular formula is C32H48F2N4. The Bertz CT molecular complexity index is 953. The van der Waals surface area contributed by atoms with Crippen molar-refractivity contribution in [3.8, 4) is 0 Å². The van der Waals surface area contributed by atoms with Crippen LogP contribution in [0.5, 0.6) is 0 Å². The van der Waals surface area contributed by atoms with Gasteiger partial charge in [-0.15, -0.1) is 0 Å². The number of nitrogens with one attached hydrogen (secondary N) is 1. The van der Waals surface area contributed by atoms with Crippen molar-refractivity contribution in [2.75, 3.05) is 33.2 Å². The zero-order chi connectivity index (χ0) is 27.9. The van der Waals surface area contributed by atoms with Gasteiger partial charge in [0.25, 0.3) is 0 Å². The molecule has 4 nitrogen and oxygen atoms in total. The maximum atomic E-state index is 14.8. The van der Waals surface area contributed by atoms with Crippen molar-refractivity contribution in [1.29, 1.82) is 0 Å². The summed E-state index contributed by atoms with van der Waals surface area (Å²) in [6.45, 7) is 19.2. The van der Waals surface area contributed by atoms with Crippen LogP contribution in [0.4, 0.5) is 8.78 Å². The zero-order valence-corrected chi connectivity index (χ0v) is 23.9. The Labute approximate surface area is 229 Å². The third-order valence-electron chi connectivity index (χ3n) is 7.46. The van der Waals surface area contributed by atoms with Gasteiger partial charge in [-0.2, -0.15) is 0 Å². The topological polar surface area (TPSA) is 40.0 Å². The fourth-order valence-electron chi connectivity index (χ4n) is 4.88. The standard InChI is InChI=1S/C32H48F2N4/c1-7-10-28(20-36-6)21-37-16-14-26(13-15-35-5)11-8-9-12-27-18-31(33)30(32(34)19-27)17-25(4)38-22-29(23-38)24(2)3/h18-21,26,29,35H,2,4,6-17,22-23H2,1,3,5H3/b28-20-,37-21?. The Hall–Kier alpha value is -2.60. The van der Waals surface area contributed by atoms with Gasteiger partial charge >= 0.3 is 0 Å². The molecule has 1 saturated heterocycles. The Morgan fingerprint density at radius 1 is 1.16 bits per heavy atom. The number of aryl methyl sites for hydroxylation is 1. The molecule has 6 heteroatoms. The van der Waals surface area contributed by atoms with Gasteiger partial charge in [0, 0.05) is 55.6 Å². The first-order chi connectivity index (χ1) is 18.3. The molecule has 1 aromatic carbocycles.